The van der Waals surface area contributed by atoms with Gasteiger partial charge in [0.15, 0.2) is 0 Å². The number of carbonyl (C=O) groups excluding carboxylic acids is 2. The van der Waals surface area contributed by atoms with Crippen molar-refractivity contribution >= 4 is 23.4 Å². The Hall–Kier alpha value is -2.33. The van der Waals surface area contributed by atoms with E-state index in [4.69, 9.17) is 11.6 Å². The highest BCUT2D eigenvalue weighted by Gasteiger charge is 2.28. The summed E-state index contributed by atoms with van der Waals surface area (Å²) in [7, 11) is 0. The van der Waals surface area contributed by atoms with E-state index >= 15 is 0 Å². The van der Waals surface area contributed by atoms with Gasteiger partial charge in [-0.3, -0.25) is 9.59 Å². The van der Waals surface area contributed by atoms with Crippen molar-refractivity contribution in [1.82, 2.24) is 10.2 Å². The molecule has 28 heavy (non-hydrogen) atoms. The van der Waals surface area contributed by atoms with Crippen LogP contribution in [-0.2, 0) is 11.2 Å². The lowest BCUT2D eigenvalue weighted by atomic mass is 9.94. The third-order valence-corrected chi connectivity index (χ3v) is 5.77. The summed E-state index contributed by atoms with van der Waals surface area (Å²) in [6.07, 6.45) is 2.10. The average molecular weight is 399 g/mol. The van der Waals surface area contributed by atoms with Crippen LogP contribution in [0.15, 0.2) is 48.5 Å². The molecule has 2 aromatic rings. The third kappa shape index (κ3) is 4.93. The van der Waals surface area contributed by atoms with E-state index in [0.29, 0.717) is 32.4 Å². The Morgan fingerprint density at radius 1 is 1.11 bits per heavy atom. The Morgan fingerprint density at radius 3 is 2.43 bits per heavy atom. The lowest BCUT2D eigenvalue weighted by molar-refractivity contribution is -0.126. The number of aryl methyl sites for hydroxylation is 1. The maximum absolute atomic E-state index is 12.7. The molecule has 2 aromatic carbocycles. The Balaban J connectivity index is 1.50. The van der Waals surface area contributed by atoms with Gasteiger partial charge in [-0.2, -0.15) is 0 Å². The van der Waals surface area contributed by atoms with Gasteiger partial charge in [0.25, 0.3) is 5.91 Å². The topological polar surface area (TPSA) is 49.4 Å². The highest BCUT2D eigenvalue weighted by Crippen LogP contribution is 2.21. The van der Waals surface area contributed by atoms with Gasteiger partial charge in [-0.25, -0.2) is 0 Å². The summed E-state index contributed by atoms with van der Waals surface area (Å²) in [5.74, 6) is 0.0844. The largest absolute Gasteiger partial charge is 0.353 e. The second kappa shape index (κ2) is 9.24. The van der Waals surface area contributed by atoms with Crippen molar-refractivity contribution in [3.8, 4) is 0 Å². The summed E-state index contributed by atoms with van der Waals surface area (Å²) >= 11 is 6.21. The van der Waals surface area contributed by atoms with Crippen LogP contribution in [0.4, 0.5) is 0 Å². The number of nitrogens with one attached hydrogen (secondary N) is 1. The van der Waals surface area contributed by atoms with Crippen LogP contribution in [0.25, 0.3) is 0 Å². The van der Waals surface area contributed by atoms with Gasteiger partial charge in [0.1, 0.15) is 0 Å². The lowest BCUT2D eigenvalue weighted by Crippen LogP contribution is -2.45. The van der Waals surface area contributed by atoms with Crippen LogP contribution in [-0.4, -0.2) is 35.8 Å². The average Bonchev–Trinajstić information content (AvgIpc) is 2.69. The number of likely N-dealkylation sites (tertiary alicyclic amines) is 1. The molecule has 1 saturated heterocycles. The maximum Gasteiger partial charge on any atom is 0.254 e. The molecule has 1 aliphatic heterocycles. The zero-order valence-corrected chi connectivity index (χ0v) is 17.2. The smallest absolute Gasteiger partial charge is 0.254 e. The van der Waals surface area contributed by atoms with Crippen molar-refractivity contribution in [3.05, 3.63) is 70.2 Å². The van der Waals surface area contributed by atoms with Gasteiger partial charge in [0.05, 0.1) is 0 Å². The predicted octanol–water partition coefficient (Wildman–Crippen LogP) is 4.25. The Kier molecular flexibility index (Phi) is 6.74. The normalized spacial score (nSPS) is 15.9. The molecule has 0 aromatic heterocycles. The first-order valence-corrected chi connectivity index (χ1v) is 10.2. The number of benzene rings is 2. The number of rotatable bonds is 5. The molecule has 0 spiro atoms. The van der Waals surface area contributed by atoms with Crippen LogP contribution in [0, 0.1) is 12.8 Å². The van der Waals surface area contributed by atoms with E-state index in [1.165, 1.54) is 0 Å². The van der Waals surface area contributed by atoms with Crippen molar-refractivity contribution < 1.29 is 9.59 Å². The first kappa shape index (κ1) is 20.4. The third-order valence-electron chi connectivity index (χ3n) is 5.40. The maximum atomic E-state index is 12.7. The molecule has 0 saturated carbocycles. The molecule has 0 bridgehead atoms. The summed E-state index contributed by atoms with van der Waals surface area (Å²) in [4.78, 5) is 27.2. The van der Waals surface area contributed by atoms with Crippen molar-refractivity contribution in [3.63, 3.8) is 0 Å². The number of piperidine rings is 1. The highest BCUT2D eigenvalue weighted by atomic mass is 35.5. The van der Waals surface area contributed by atoms with Crippen LogP contribution < -0.4 is 5.32 Å². The number of amides is 2. The first-order valence-electron chi connectivity index (χ1n) is 9.84. The molecule has 0 aliphatic carbocycles. The molecule has 1 heterocycles. The Bertz CT molecular complexity index is 844. The fourth-order valence-corrected chi connectivity index (χ4v) is 3.95. The molecule has 1 atom stereocenters. The summed E-state index contributed by atoms with van der Waals surface area (Å²) in [6.45, 7) is 5.18. The minimum absolute atomic E-state index is 0.0130. The highest BCUT2D eigenvalue weighted by molar-refractivity contribution is 6.31. The SMILES string of the molecule is Cc1ccccc1C(=O)N1CCC(C(=O)NC(C)Cc2ccccc2Cl)CC1. The standard InChI is InChI=1S/C23H27ClN2O2/c1-16-7-3-5-9-20(16)23(28)26-13-11-18(12-14-26)22(27)25-17(2)15-19-8-4-6-10-21(19)24/h3-10,17-18H,11-15H2,1-2H3,(H,25,27). The molecule has 1 unspecified atom stereocenters. The Morgan fingerprint density at radius 2 is 1.75 bits per heavy atom. The molecule has 5 heteroatoms. The van der Waals surface area contributed by atoms with Crippen molar-refractivity contribution in [2.75, 3.05) is 13.1 Å². The number of hydrogen-bond donors (Lipinski definition) is 1. The second-order valence-corrected chi connectivity index (χ2v) is 7.99. The summed E-state index contributed by atoms with van der Waals surface area (Å²) in [6, 6.07) is 15.4. The van der Waals surface area contributed by atoms with Crippen molar-refractivity contribution in [1.29, 1.82) is 0 Å². The van der Waals surface area contributed by atoms with Gasteiger partial charge in [-0.1, -0.05) is 48.0 Å². The summed E-state index contributed by atoms with van der Waals surface area (Å²) in [5, 5.41) is 3.84. The fraction of sp³-hybridized carbons (Fsp3) is 0.391. The van der Waals surface area contributed by atoms with E-state index in [-0.39, 0.29) is 23.8 Å². The van der Waals surface area contributed by atoms with Crippen LogP contribution in [0.3, 0.4) is 0 Å². The van der Waals surface area contributed by atoms with Crippen LogP contribution in [0.1, 0.15) is 41.3 Å². The van der Waals surface area contributed by atoms with Gasteiger partial charge in [0, 0.05) is 35.6 Å². The van der Waals surface area contributed by atoms with E-state index in [1.54, 1.807) is 0 Å². The molecule has 0 radical (unpaired) electrons. The van der Waals surface area contributed by atoms with Gasteiger partial charge >= 0.3 is 0 Å². The monoisotopic (exact) mass is 398 g/mol. The minimum atomic E-state index is -0.0467. The summed E-state index contributed by atoms with van der Waals surface area (Å²) < 4.78 is 0. The van der Waals surface area contributed by atoms with Gasteiger partial charge in [0.2, 0.25) is 5.91 Å². The van der Waals surface area contributed by atoms with E-state index in [1.807, 2.05) is 67.3 Å². The lowest BCUT2D eigenvalue weighted by Gasteiger charge is -2.32. The van der Waals surface area contributed by atoms with Gasteiger partial charge < -0.3 is 10.2 Å². The zero-order chi connectivity index (χ0) is 20.1. The molecule has 2 amide bonds. The molecule has 3 rings (SSSR count). The molecule has 1 N–H and O–H groups in total. The first-order chi connectivity index (χ1) is 13.5. The number of nitrogens with zero attached hydrogens (tertiary/aromatic N) is 1. The molecule has 1 aliphatic rings. The second-order valence-electron chi connectivity index (χ2n) is 7.59. The van der Waals surface area contributed by atoms with Crippen molar-refractivity contribution in [2.24, 2.45) is 5.92 Å². The Labute approximate surface area is 171 Å². The summed E-state index contributed by atoms with van der Waals surface area (Å²) in [5.41, 5.74) is 2.77. The molecular formula is C23H27ClN2O2. The van der Waals surface area contributed by atoms with Crippen LogP contribution >= 0.6 is 11.6 Å². The molecule has 4 nitrogen and oxygen atoms in total. The number of halogens is 1. The van der Waals surface area contributed by atoms with Crippen molar-refractivity contribution in [2.45, 2.75) is 39.2 Å². The van der Waals surface area contributed by atoms with E-state index in [0.717, 1.165) is 21.7 Å². The quantitative estimate of drug-likeness (QED) is 0.818. The molecule has 148 valence electrons. The fourth-order valence-electron chi connectivity index (χ4n) is 3.73. The zero-order valence-electron chi connectivity index (χ0n) is 16.5. The van der Waals surface area contributed by atoms with E-state index < -0.39 is 0 Å². The van der Waals surface area contributed by atoms with Crippen LogP contribution in [0.5, 0.6) is 0 Å². The van der Waals surface area contributed by atoms with E-state index in [2.05, 4.69) is 5.32 Å². The van der Waals surface area contributed by atoms with Gasteiger partial charge in [-0.15, -0.1) is 0 Å². The van der Waals surface area contributed by atoms with E-state index in [9.17, 15) is 9.59 Å². The number of hydrogen-bond acceptors (Lipinski definition) is 2. The predicted molar refractivity (Wildman–Crippen MR) is 113 cm³/mol. The molecule has 1 fully saturated rings. The molecular weight excluding hydrogens is 372 g/mol. The van der Waals surface area contributed by atoms with Gasteiger partial charge in [-0.05, 0) is 56.4 Å². The number of carbonyl (C=O) groups is 2. The minimum Gasteiger partial charge on any atom is -0.353 e. The van der Waals surface area contributed by atoms with Crippen LogP contribution in [0.2, 0.25) is 5.02 Å².